The first kappa shape index (κ1) is 23.7. The van der Waals surface area contributed by atoms with Crippen molar-refractivity contribution in [3.05, 3.63) is 64.5 Å². The number of rotatable bonds is 9. The van der Waals surface area contributed by atoms with Crippen LogP contribution in [0.4, 0.5) is 13.2 Å². The summed E-state index contributed by atoms with van der Waals surface area (Å²) in [4.78, 5) is 24.8. The Bertz CT molecular complexity index is 993. The molecule has 1 amide bonds. The molecular formula is C20H20F3N3O5. The molecule has 11 heteroatoms. The Morgan fingerprint density at radius 2 is 1.74 bits per heavy atom. The van der Waals surface area contributed by atoms with Crippen LogP contribution in [0, 0.1) is 22.9 Å². The van der Waals surface area contributed by atoms with Crippen LogP contribution in [0.2, 0.25) is 0 Å². The predicted octanol–water partition coefficient (Wildman–Crippen LogP) is 2.20. The average molecular weight is 439 g/mol. The summed E-state index contributed by atoms with van der Waals surface area (Å²) < 4.78 is 53.2. The molecule has 31 heavy (non-hydrogen) atoms. The van der Waals surface area contributed by atoms with Gasteiger partial charge in [-0.2, -0.15) is 0 Å². The van der Waals surface area contributed by atoms with E-state index in [1.807, 2.05) is 0 Å². The summed E-state index contributed by atoms with van der Waals surface area (Å²) in [5, 5.41) is 16.4. The summed E-state index contributed by atoms with van der Waals surface area (Å²) in [7, 11) is 2.43. The molecule has 0 heterocycles. The van der Waals surface area contributed by atoms with Crippen molar-refractivity contribution >= 4 is 17.7 Å². The van der Waals surface area contributed by atoms with Gasteiger partial charge in [0, 0.05) is 29.9 Å². The highest BCUT2D eigenvalue weighted by molar-refractivity contribution is 5.95. The van der Waals surface area contributed by atoms with Crippen molar-refractivity contribution in [3.63, 3.8) is 0 Å². The maximum atomic E-state index is 14.4. The molecule has 0 bridgehead atoms. The summed E-state index contributed by atoms with van der Waals surface area (Å²) >= 11 is 0. The van der Waals surface area contributed by atoms with E-state index in [0.29, 0.717) is 4.90 Å². The van der Waals surface area contributed by atoms with Gasteiger partial charge in [-0.15, -0.1) is 0 Å². The molecule has 8 nitrogen and oxygen atoms in total. The lowest BCUT2D eigenvalue weighted by atomic mass is 10.1. The van der Waals surface area contributed by atoms with Crippen molar-refractivity contribution in [1.82, 2.24) is 4.90 Å². The largest absolute Gasteiger partial charge is 0.497 e. The van der Waals surface area contributed by atoms with Crippen molar-refractivity contribution in [2.24, 2.45) is 5.73 Å². The molecule has 166 valence electrons. The molecule has 2 aromatic rings. The maximum absolute atomic E-state index is 14.4. The average Bonchev–Trinajstić information content (AvgIpc) is 2.70. The number of nitrogens with zero attached hydrogens (tertiary/aromatic N) is 1. The highest BCUT2D eigenvalue weighted by Crippen LogP contribution is 2.27. The second-order valence-corrected chi connectivity index (χ2v) is 6.42. The second-order valence-electron chi connectivity index (χ2n) is 6.42. The zero-order valence-electron chi connectivity index (χ0n) is 16.6. The zero-order chi connectivity index (χ0) is 23.3. The van der Waals surface area contributed by atoms with Crippen molar-refractivity contribution in [2.75, 3.05) is 20.8 Å². The van der Waals surface area contributed by atoms with Crippen LogP contribution in [0.3, 0.4) is 0 Å². The lowest BCUT2D eigenvalue weighted by Crippen LogP contribution is -2.39. The monoisotopic (exact) mass is 439 g/mol. The molecule has 2 aromatic carbocycles. The Hall–Kier alpha value is -3.60. The number of benzene rings is 2. The van der Waals surface area contributed by atoms with Gasteiger partial charge in [-0.3, -0.25) is 15.0 Å². The third-order valence-electron chi connectivity index (χ3n) is 4.39. The summed E-state index contributed by atoms with van der Waals surface area (Å²) in [6.45, 7) is -1.71. The summed E-state index contributed by atoms with van der Waals surface area (Å²) in [6.07, 6.45) is -1.58. The number of aliphatic carboxylic acids is 1. The Morgan fingerprint density at radius 3 is 2.19 bits per heavy atom. The lowest BCUT2D eigenvalue weighted by molar-refractivity contribution is -0.150. The number of hydrogen-bond acceptors (Lipinski definition) is 5. The fourth-order valence-corrected chi connectivity index (χ4v) is 2.85. The van der Waals surface area contributed by atoms with E-state index in [-0.39, 0.29) is 16.9 Å². The van der Waals surface area contributed by atoms with Crippen LogP contribution < -0.4 is 10.5 Å². The van der Waals surface area contributed by atoms with Crippen LogP contribution >= 0.6 is 0 Å². The number of nitrogens with one attached hydrogen (secondary N) is 1. The number of nitrogen functional groups attached to an aromatic ring is 1. The Kier molecular flexibility index (Phi) is 7.59. The van der Waals surface area contributed by atoms with Crippen LogP contribution in [0.5, 0.6) is 5.75 Å². The SMILES string of the molecule is COc1ccc(C(OC)C(=O)N(CC(=O)O)Cc2c(F)cc(C(=N)N)cc2F)c(F)c1. The van der Waals surface area contributed by atoms with Crippen LogP contribution in [-0.4, -0.2) is 48.5 Å². The highest BCUT2D eigenvalue weighted by atomic mass is 19.1. The number of ether oxygens (including phenoxy) is 2. The third-order valence-corrected chi connectivity index (χ3v) is 4.39. The Balaban J connectivity index is 2.42. The molecule has 0 saturated carbocycles. The normalized spacial score (nSPS) is 11.6. The fraction of sp³-hybridized carbons (Fsp3) is 0.250. The molecule has 1 atom stereocenters. The first-order valence-corrected chi connectivity index (χ1v) is 8.78. The molecule has 1 unspecified atom stereocenters. The van der Waals surface area contributed by atoms with E-state index in [9.17, 15) is 22.8 Å². The minimum atomic E-state index is -1.58. The van der Waals surface area contributed by atoms with Gasteiger partial charge in [-0.25, -0.2) is 13.2 Å². The second kappa shape index (κ2) is 9.94. The minimum Gasteiger partial charge on any atom is -0.497 e. The molecular weight excluding hydrogens is 419 g/mol. The van der Waals surface area contributed by atoms with Crippen molar-refractivity contribution in [1.29, 1.82) is 5.41 Å². The number of halogens is 3. The molecule has 0 spiro atoms. The zero-order valence-corrected chi connectivity index (χ0v) is 16.6. The van der Waals surface area contributed by atoms with Gasteiger partial charge in [0.2, 0.25) is 0 Å². The number of carboxylic acid groups (broad SMARTS) is 1. The van der Waals surface area contributed by atoms with E-state index in [1.165, 1.54) is 19.2 Å². The van der Waals surface area contributed by atoms with Crippen molar-refractivity contribution < 1.29 is 37.3 Å². The molecule has 0 saturated heterocycles. The van der Waals surface area contributed by atoms with Crippen molar-refractivity contribution in [2.45, 2.75) is 12.6 Å². The Morgan fingerprint density at radius 1 is 1.13 bits per heavy atom. The molecule has 0 aromatic heterocycles. The van der Waals surface area contributed by atoms with Gasteiger partial charge in [0.1, 0.15) is 35.6 Å². The molecule has 0 fully saturated rings. The number of methoxy groups -OCH3 is 2. The molecule has 0 aliphatic rings. The van der Waals surface area contributed by atoms with Gasteiger partial charge >= 0.3 is 5.97 Å². The topological polar surface area (TPSA) is 126 Å². The van der Waals surface area contributed by atoms with E-state index >= 15 is 0 Å². The summed E-state index contributed by atoms with van der Waals surface area (Å²) in [5.74, 6) is -5.98. The number of carbonyl (C=O) groups is 2. The Labute approximate surface area is 175 Å². The smallest absolute Gasteiger partial charge is 0.323 e. The van der Waals surface area contributed by atoms with E-state index in [2.05, 4.69) is 0 Å². The van der Waals surface area contributed by atoms with Crippen LogP contribution in [-0.2, 0) is 20.9 Å². The van der Waals surface area contributed by atoms with Crippen LogP contribution in [0.25, 0.3) is 0 Å². The highest BCUT2D eigenvalue weighted by Gasteiger charge is 2.31. The van der Waals surface area contributed by atoms with Gasteiger partial charge in [-0.1, -0.05) is 0 Å². The van der Waals surface area contributed by atoms with E-state index < -0.39 is 59.9 Å². The number of amidine groups is 1. The number of nitrogens with two attached hydrogens (primary N) is 1. The lowest BCUT2D eigenvalue weighted by Gasteiger charge is -2.26. The number of amides is 1. The molecule has 2 rings (SSSR count). The van der Waals surface area contributed by atoms with E-state index in [0.717, 1.165) is 25.3 Å². The number of hydrogen-bond donors (Lipinski definition) is 3. The van der Waals surface area contributed by atoms with E-state index in [4.69, 9.17) is 25.7 Å². The van der Waals surface area contributed by atoms with Gasteiger partial charge in [0.15, 0.2) is 6.10 Å². The van der Waals surface area contributed by atoms with E-state index in [1.54, 1.807) is 0 Å². The number of carboxylic acids is 1. The third kappa shape index (κ3) is 5.51. The quantitative estimate of drug-likeness (QED) is 0.406. The first-order chi connectivity index (χ1) is 14.6. The number of carbonyl (C=O) groups excluding carboxylic acids is 1. The standard InChI is InChI=1S/C20H20F3N3O5/c1-30-11-3-4-12(16(23)7-11)18(31-2)20(29)26(9-17(27)28)8-13-14(21)5-10(19(24)25)6-15(13)22/h3-7,18H,8-9H2,1-2H3,(H3,24,25)(H,27,28). The molecule has 0 aliphatic carbocycles. The predicted molar refractivity (Wildman–Crippen MR) is 103 cm³/mol. The minimum absolute atomic E-state index is 0.181. The fourth-order valence-electron chi connectivity index (χ4n) is 2.85. The van der Waals surface area contributed by atoms with Crippen LogP contribution in [0.15, 0.2) is 30.3 Å². The molecule has 0 radical (unpaired) electrons. The maximum Gasteiger partial charge on any atom is 0.323 e. The van der Waals surface area contributed by atoms with Gasteiger partial charge in [0.25, 0.3) is 5.91 Å². The van der Waals surface area contributed by atoms with Gasteiger partial charge < -0.3 is 25.2 Å². The summed E-state index contributed by atoms with van der Waals surface area (Å²) in [5.41, 5.74) is 4.17. The molecule has 0 aliphatic heterocycles. The van der Waals surface area contributed by atoms with Gasteiger partial charge in [0.05, 0.1) is 13.7 Å². The molecule has 4 N–H and O–H groups in total. The van der Waals surface area contributed by atoms with Gasteiger partial charge in [-0.05, 0) is 24.3 Å². The van der Waals surface area contributed by atoms with Crippen LogP contribution in [0.1, 0.15) is 22.8 Å². The first-order valence-electron chi connectivity index (χ1n) is 8.78. The summed E-state index contributed by atoms with van der Waals surface area (Å²) in [6, 6.07) is 5.19. The van der Waals surface area contributed by atoms with Crippen molar-refractivity contribution in [3.8, 4) is 5.75 Å².